The van der Waals surface area contributed by atoms with Crippen molar-refractivity contribution >= 4 is 11.6 Å². The highest BCUT2D eigenvalue weighted by Crippen LogP contribution is 2.12. The maximum absolute atomic E-state index is 5.71. The smallest absolute Gasteiger partial charge is 0.129 e. The van der Waals surface area contributed by atoms with Crippen molar-refractivity contribution in [1.29, 1.82) is 0 Å². The Morgan fingerprint density at radius 1 is 1.50 bits per heavy atom. The Bertz CT molecular complexity index is 309. The zero-order valence-corrected chi connectivity index (χ0v) is 10.0. The average molecular weight is 241 g/mol. The monoisotopic (exact) mass is 240 g/mol. The highest BCUT2D eigenvalue weighted by atomic mass is 35.5. The Hall–Kier alpha value is -0.640. The first kappa shape index (κ1) is 11.8. The molecule has 0 aromatic carbocycles. The van der Waals surface area contributed by atoms with Gasteiger partial charge in [0.15, 0.2) is 0 Å². The highest BCUT2D eigenvalue weighted by Gasteiger charge is 2.12. The fourth-order valence-corrected chi connectivity index (χ4v) is 2.01. The van der Waals surface area contributed by atoms with Gasteiger partial charge in [0.25, 0.3) is 0 Å². The molecule has 4 heteroatoms. The Kier molecular flexibility index (Phi) is 4.57. The number of hydrogen-bond donors (Lipinski definition) is 1. The lowest BCUT2D eigenvalue weighted by molar-refractivity contribution is 0.0781. The molecule has 16 heavy (non-hydrogen) atoms. The number of piperidine rings is 1. The van der Waals surface area contributed by atoms with Gasteiger partial charge in [0.2, 0.25) is 0 Å². The van der Waals surface area contributed by atoms with Crippen LogP contribution in [0.2, 0.25) is 5.15 Å². The van der Waals surface area contributed by atoms with Gasteiger partial charge in [0.1, 0.15) is 5.15 Å². The molecule has 1 saturated heterocycles. The third-order valence-corrected chi connectivity index (χ3v) is 3.03. The summed E-state index contributed by atoms with van der Waals surface area (Å²) in [5, 5.41) is 3.91. The molecule has 0 spiro atoms. The number of hydrogen-bond acceptors (Lipinski definition) is 3. The van der Waals surface area contributed by atoms with E-state index in [-0.39, 0.29) is 0 Å². The van der Waals surface area contributed by atoms with Gasteiger partial charge < -0.3 is 10.1 Å². The molecule has 0 aliphatic carbocycles. The number of nitrogens with one attached hydrogen (secondary N) is 1. The van der Waals surface area contributed by atoms with Crippen LogP contribution >= 0.6 is 11.6 Å². The minimum Gasteiger partial charge on any atom is -0.376 e. The van der Waals surface area contributed by atoms with Crippen LogP contribution in [0.3, 0.4) is 0 Å². The van der Waals surface area contributed by atoms with Gasteiger partial charge in [0, 0.05) is 12.7 Å². The molecular formula is C12H17ClN2O. The zero-order chi connectivity index (χ0) is 11.2. The molecule has 2 rings (SSSR count). The molecule has 0 bridgehead atoms. The molecule has 1 aromatic rings. The fourth-order valence-electron chi connectivity index (χ4n) is 1.90. The third kappa shape index (κ3) is 3.74. The molecule has 1 fully saturated rings. The van der Waals surface area contributed by atoms with Crippen LogP contribution in [0.1, 0.15) is 18.4 Å². The van der Waals surface area contributed by atoms with Gasteiger partial charge in [-0.1, -0.05) is 17.7 Å². The van der Waals surface area contributed by atoms with Crippen LogP contribution in [0.25, 0.3) is 0 Å². The van der Waals surface area contributed by atoms with Crippen LogP contribution in [-0.2, 0) is 11.3 Å². The van der Waals surface area contributed by atoms with E-state index in [4.69, 9.17) is 16.3 Å². The lowest BCUT2D eigenvalue weighted by atomic mass is 10.0. The van der Waals surface area contributed by atoms with Crippen LogP contribution in [0.5, 0.6) is 0 Å². The van der Waals surface area contributed by atoms with E-state index < -0.39 is 0 Å². The van der Waals surface area contributed by atoms with Crippen molar-refractivity contribution in [2.24, 2.45) is 5.92 Å². The first-order valence-electron chi connectivity index (χ1n) is 5.73. The van der Waals surface area contributed by atoms with E-state index in [1.54, 1.807) is 12.3 Å². The predicted molar refractivity (Wildman–Crippen MR) is 64.5 cm³/mol. The summed E-state index contributed by atoms with van der Waals surface area (Å²) in [6.07, 6.45) is 4.30. The summed E-state index contributed by atoms with van der Waals surface area (Å²) in [5.41, 5.74) is 1.08. The Morgan fingerprint density at radius 2 is 2.44 bits per heavy atom. The summed E-state index contributed by atoms with van der Waals surface area (Å²) in [7, 11) is 0. The second kappa shape index (κ2) is 6.18. The van der Waals surface area contributed by atoms with Gasteiger partial charge in [-0.15, -0.1) is 0 Å². The largest absolute Gasteiger partial charge is 0.376 e. The van der Waals surface area contributed by atoms with Crippen molar-refractivity contribution in [3.05, 3.63) is 29.0 Å². The van der Waals surface area contributed by atoms with Gasteiger partial charge >= 0.3 is 0 Å². The normalized spacial score (nSPS) is 20.9. The van der Waals surface area contributed by atoms with Gasteiger partial charge in [-0.3, -0.25) is 0 Å². The first-order chi connectivity index (χ1) is 7.84. The average Bonchev–Trinajstić information content (AvgIpc) is 2.33. The van der Waals surface area contributed by atoms with E-state index in [0.29, 0.717) is 17.7 Å². The quantitative estimate of drug-likeness (QED) is 0.820. The lowest BCUT2D eigenvalue weighted by Gasteiger charge is -2.22. The molecule has 0 amide bonds. The molecule has 1 N–H and O–H groups in total. The van der Waals surface area contributed by atoms with Crippen LogP contribution in [0, 0.1) is 5.92 Å². The third-order valence-electron chi connectivity index (χ3n) is 2.81. The summed E-state index contributed by atoms with van der Waals surface area (Å²) >= 11 is 5.71. The number of halogens is 1. The summed E-state index contributed by atoms with van der Waals surface area (Å²) in [6.45, 7) is 3.69. The van der Waals surface area contributed by atoms with Gasteiger partial charge in [-0.25, -0.2) is 4.98 Å². The molecule has 2 heterocycles. The summed E-state index contributed by atoms with van der Waals surface area (Å²) in [4.78, 5) is 4.02. The van der Waals surface area contributed by atoms with Crippen molar-refractivity contribution in [2.45, 2.75) is 19.4 Å². The fraction of sp³-hybridized carbons (Fsp3) is 0.583. The summed E-state index contributed by atoms with van der Waals surface area (Å²) in [6, 6.07) is 3.75. The zero-order valence-electron chi connectivity index (χ0n) is 9.29. The second-order valence-electron chi connectivity index (χ2n) is 4.22. The number of rotatable bonds is 4. The maximum Gasteiger partial charge on any atom is 0.129 e. The molecule has 1 aliphatic heterocycles. The lowest BCUT2D eigenvalue weighted by Crippen LogP contribution is -2.32. The number of ether oxygens (including phenoxy) is 1. The molecule has 0 radical (unpaired) electrons. The van der Waals surface area contributed by atoms with E-state index in [2.05, 4.69) is 10.3 Å². The number of pyridine rings is 1. The Balaban J connectivity index is 1.69. The molecular weight excluding hydrogens is 224 g/mol. The van der Waals surface area contributed by atoms with Crippen molar-refractivity contribution in [3.63, 3.8) is 0 Å². The Morgan fingerprint density at radius 3 is 3.12 bits per heavy atom. The Labute approximate surface area is 101 Å². The molecule has 0 unspecified atom stereocenters. The van der Waals surface area contributed by atoms with Crippen LogP contribution in [-0.4, -0.2) is 24.7 Å². The predicted octanol–water partition coefficient (Wildman–Crippen LogP) is 2.25. The minimum atomic E-state index is 0.528. The van der Waals surface area contributed by atoms with Crippen molar-refractivity contribution in [2.75, 3.05) is 19.7 Å². The molecule has 3 nitrogen and oxygen atoms in total. The summed E-state index contributed by atoms with van der Waals surface area (Å²) in [5.74, 6) is 0.661. The first-order valence-corrected chi connectivity index (χ1v) is 6.11. The van der Waals surface area contributed by atoms with Gasteiger partial charge in [-0.05, 0) is 36.9 Å². The maximum atomic E-state index is 5.71. The van der Waals surface area contributed by atoms with E-state index in [1.165, 1.54) is 12.8 Å². The van der Waals surface area contributed by atoms with E-state index in [9.17, 15) is 0 Å². The second-order valence-corrected chi connectivity index (χ2v) is 4.60. The van der Waals surface area contributed by atoms with E-state index in [0.717, 1.165) is 25.3 Å². The number of nitrogens with zero attached hydrogens (tertiary/aromatic N) is 1. The molecule has 1 aliphatic rings. The van der Waals surface area contributed by atoms with Gasteiger partial charge in [0.05, 0.1) is 13.2 Å². The SMILES string of the molecule is Clc1ccc(COC[C@@H]2CCCNC2)cn1. The van der Waals surface area contributed by atoms with Crippen LogP contribution in [0.4, 0.5) is 0 Å². The molecule has 1 aromatic heterocycles. The number of aromatic nitrogens is 1. The van der Waals surface area contributed by atoms with Crippen molar-refractivity contribution in [3.8, 4) is 0 Å². The highest BCUT2D eigenvalue weighted by molar-refractivity contribution is 6.29. The molecule has 1 atom stereocenters. The van der Waals surface area contributed by atoms with Crippen LogP contribution < -0.4 is 5.32 Å². The topological polar surface area (TPSA) is 34.1 Å². The molecule has 88 valence electrons. The molecule has 0 saturated carbocycles. The van der Waals surface area contributed by atoms with E-state index in [1.807, 2.05) is 6.07 Å². The van der Waals surface area contributed by atoms with Crippen molar-refractivity contribution < 1.29 is 4.74 Å². The van der Waals surface area contributed by atoms with Crippen LogP contribution in [0.15, 0.2) is 18.3 Å². The van der Waals surface area contributed by atoms with Crippen molar-refractivity contribution in [1.82, 2.24) is 10.3 Å². The standard InChI is InChI=1S/C12H17ClN2O/c13-12-4-3-11(7-15-12)9-16-8-10-2-1-5-14-6-10/h3-4,7,10,14H,1-2,5-6,8-9H2/t10-/m1/s1. The summed E-state index contributed by atoms with van der Waals surface area (Å²) < 4.78 is 5.68. The minimum absolute atomic E-state index is 0.528. The van der Waals surface area contributed by atoms with E-state index >= 15 is 0 Å². The van der Waals surface area contributed by atoms with Gasteiger partial charge in [-0.2, -0.15) is 0 Å².